The van der Waals surface area contributed by atoms with Crippen LogP contribution in [-0.2, 0) is 16.6 Å². The van der Waals surface area contributed by atoms with Crippen molar-refractivity contribution in [3.63, 3.8) is 0 Å². The predicted octanol–water partition coefficient (Wildman–Crippen LogP) is 1.86. The highest BCUT2D eigenvalue weighted by atomic mass is 32.2. The standard InChI is InChI=1S/C18H18N4O4S/c23-22(24)15-6-7-16-17(12-15)27(25,26)19-18(16)21-10-8-20(9-11-21)13-14-4-2-1-3-5-14/h1-7,12H,8-11,13H2. The van der Waals surface area contributed by atoms with Crippen LogP contribution in [0, 0.1) is 10.1 Å². The average Bonchev–Trinajstić information content (AvgIpc) is 2.94. The molecule has 2 aromatic rings. The molecule has 2 aliphatic heterocycles. The Morgan fingerprint density at radius 1 is 1.04 bits per heavy atom. The molecule has 0 spiro atoms. The van der Waals surface area contributed by atoms with Gasteiger partial charge in [-0.3, -0.25) is 15.0 Å². The van der Waals surface area contributed by atoms with Gasteiger partial charge in [0.25, 0.3) is 15.7 Å². The van der Waals surface area contributed by atoms with Crippen molar-refractivity contribution in [1.82, 2.24) is 9.80 Å². The second-order valence-electron chi connectivity index (χ2n) is 6.58. The smallest absolute Gasteiger partial charge is 0.285 e. The Morgan fingerprint density at radius 3 is 2.41 bits per heavy atom. The molecule has 27 heavy (non-hydrogen) atoms. The first-order valence-electron chi connectivity index (χ1n) is 8.59. The van der Waals surface area contributed by atoms with Gasteiger partial charge in [-0.2, -0.15) is 8.42 Å². The molecule has 2 aliphatic rings. The topological polar surface area (TPSA) is 96.1 Å². The van der Waals surface area contributed by atoms with Crippen molar-refractivity contribution >= 4 is 21.5 Å². The number of piperazine rings is 1. The number of hydrogen-bond donors (Lipinski definition) is 0. The summed E-state index contributed by atoms with van der Waals surface area (Å²) in [7, 11) is -3.89. The summed E-state index contributed by atoms with van der Waals surface area (Å²) in [5.74, 6) is 0.388. The summed E-state index contributed by atoms with van der Waals surface area (Å²) in [6.07, 6.45) is 0. The zero-order valence-corrected chi connectivity index (χ0v) is 15.3. The van der Waals surface area contributed by atoms with Gasteiger partial charge in [0.05, 0.1) is 4.92 Å². The van der Waals surface area contributed by atoms with E-state index >= 15 is 0 Å². The number of sulfonamides is 1. The Labute approximate surface area is 156 Å². The molecular formula is C18H18N4O4S. The summed E-state index contributed by atoms with van der Waals surface area (Å²) in [5.41, 5.74) is 1.43. The monoisotopic (exact) mass is 386 g/mol. The summed E-state index contributed by atoms with van der Waals surface area (Å²) in [4.78, 5) is 14.5. The molecule has 0 radical (unpaired) electrons. The van der Waals surface area contributed by atoms with Crippen LogP contribution in [0.25, 0.3) is 0 Å². The van der Waals surface area contributed by atoms with Gasteiger partial charge in [-0.15, -0.1) is 4.40 Å². The third-order valence-electron chi connectivity index (χ3n) is 4.82. The van der Waals surface area contributed by atoms with Crippen LogP contribution in [0.4, 0.5) is 5.69 Å². The number of fused-ring (bicyclic) bond motifs is 1. The minimum Gasteiger partial charge on any atom is -0.353 e. The van der Waals surface area contributed by atoms with Gasteiger partial charge in [-0.05, 0) is 11.6 Å². The van der Waals surface area contributed by atoms with Gasteiger partial charge in [-0.1, -0.05) is 30.3 Å². The molecule has 4 rings (SSSR count). The highest BCUT2D eigenvalue weighted by Crippen LogP contribution is 2.31. The van der Waals surface area contributed by atoms with Crippen molar-refractivity contribution < 1.29 is 13.3 Å². The van der Waals surface area contributed by atoms with Gasteiger partial charge in [0, 0.05) is 50.4 Å². The number of amidine groups is 1. The molecule has 0 unspecified atom stereocenters. The van der Waals surface area contributed by atoms with Gasteiger partial charge in [-0.25, -0.2) is 0 Å². The van der Waals surface area contributed by atoms with E-state index in [9.17, 15) is 18.5 Å². The van der Waals surface area contributed by atoms with Crippen molar-refractivity contribution in [3.8, 4) is 0 Å². The third kappa shape index (κ3) is 3.43. The lowest BCUT2D eigenvalue weighted by Gasteiger charge is -2.35. The largest absolute Gasteiger partial charge is 0.353 e. The lowest BCUT2D eigenvalue weighted by Crippen LogP contribution is -2.48. The Balaban J connectivity index is 1.50. The highest BCUT2D eigenvalue weighted by molar-refractivity contribution is 7.90. The summed E-state index contributed by atoms with van der Waals surface area (Å²) < 4.78 is 28.6. The second kappa shape index (κ2) is 6.75. The number of non-ortho nitro benzene ring substituents is 1. The summed E-state index contributed by atoms with van der Waals surface area (Å²) >= 11 is 0. The van der Waals surface area contributed by atoms with Gasteiger partial charge >= 0.3 is 0 Å². The van der Waals surface area contributed by atoms with E-state index in [-0.39, 0.29) is 10.6 Å². The fourth-order valence-corrected chi connectivity index (χ4v) is 4.67. The normalized spacial score (nSPS) is 18.8. The number of hydrogen-bond acceptors (Lipinski definition) is 6. The molecule has 0 aromatic heterocycles. The van der Waals surface area contributed by atoms with Crippen molar-refractivity contribution in [2.45, 2.75) is 11.4 Å². The van der Waals surface area contributed by atoms with Crippen LogP contribution in [-0.4, -0.2) is 55.2 Å². The van der Waals surface area contributed by atoms with Gasteiger partial charge in [0.1, 0.15) is 4.90 Å². The van der Waals surface area contributed by atoms with Crippen LogP contribution in [0.1, 0.15) is 11.1 Å². The van der Waals surface area contributed by atoms with Crippen LogP contribution in [0.2, 0.25) is 0 Å². The molecule has 1 saturated heterocycles. The van der Waals surface area contributed by atoms with Crippen molar-refractivity contribution in [2.75, 3.05) is 26.2 Å². The molecule has 0 N–H and O–H groups in total. The van der Waals surface area contributed by atoms with E-state index in [4.69, 9.17) is 0 Å². The molecule has 0 amide bonds. The van der Waals surface area contributed by atoms with E-state index in [1.807, 2.05) is 23.1 Å². The first-order chi connectivity index (χ1) is 12.9. The summed E-state index contributed by atoms with van der Waals surface area (Å²) in [6.45, 7) is 3.73. The van der Waals surface area contributed by atoms with Crippen LogP contribution >= 0.6 is 0 Å². The number of benzene rings is 2. The van der Waals surface area contributed by atoms with Crippen molar-refractivity contribution in [3.05, 3.63) is 69.8 Å². The van der Waals surface area contributed by atoms with E-state index in [0.29, 0.717) is 24.5 Å². The maximum absolute atomic E-state index is 12.3. The van der Waals surface area contributed by atoms with E-state index < -0.39 is 14.9 Å². The molecule has 0 atom stereocenters. The lowest BCUT2D eigenvalue weighted by atomic mass is 10.1. The fraction of sp³-hybridized carbons (Fsp3) is 0.278. The number of rotatable bonds is 3. The summed E-state index contributed by atoms with van der Waals surface area (Å²) in [6, 6.07) is 14.1. The highest BCUT2D eigenvalue weighted by Gasteiger charge is 2.34. The van der Waals surface area contributed by atoms with Gasteiger partial charge in [0.2, 0.25) is 0 Å². The maximum atomic E-state index is 12.3. The number of nitro groups is 1. The number of nitro benzene ring substituents is 1. The fourth-order valence-electron chi connectivity index (χ4n) is 3.42. The first-order valence-corrected chi connectivity index (χ1v) is 10.0. The molecule has 9 heteroatoms. The first kappa shape index (κ1) is 17.6. The average molecular weight is 386 g/mol. The lowest BCUT2D eigenvalue weighted by molar-refractivity contribution is -0.385. The maximum Gasteiger partial charge on any atom is 0.285 e. The van der Waals surface area contributed by atoms with Crippen molar-refractivity contribution in [1.29, 1.82) is 0 Å². The molecule has 8 nitrogen and oxygen atoms in total. The zero-order valence-electron chi connectivity index (χ0n) is 14.5. The molecule has 2 heterocycles. The Hall–Kier alpha value is -2.78. The quantitative estimate of drug-likeness (QED) is 0.590. The van der Waals surface area contributed by atoms with Gasteiger partial charge < -0.3 is 4.90 Å². The second-order valence-corrected chi connectivity index (χ2v) is 8.15. The molecule has 0 bridgehead atoms. The summed E-state index contributed by atoms with van der Waals surface area (Å²) in [5, 5.41) is 10.9. The predicted molar refractivity (Wildman–Crippen MR) is 100 cm³/mol. The SMILES string of the molecule is O=[N+]([O-])c1ccc2c(c1)S(=O)(=O)N=C2N1CCN(Cc2ccccc2)CC1. The van der Waals surface area contributed by atoms with Crippen LogP contribution in [0.3, 0.4) is 0 Å². The molecular weight excluding hydrogens is 368 g/mol. The minimum absolute atomic E-state index is 0.0848. The third-order valence-corrected chi connectivity index (χ3v) is 6.13. The van der Waals surface area contributed by atoms with Crippen molar-refractivity contribution in [2.24, 2.45) is 4.40 Å². The minimum atomic E-state index is -3.89. The molecule has 2 aromatic carbocycles. The van der Waals surface area contributed by atoms with Crippen LogP contribution in [0.15, 0.2) is 57.8 Å². The Bertz CT molecular complexity index is 1010. The Kier molecular flexibility index (Phi) is 4.40. The molecule has 1 fully saturated rings. The zero-order chi connectivity index (χ0) is 19.0. The van der Waals surface area contributed by atoms with E-state index in [0.717, 1.165) is 25.7 Å². The van der Waals surface area contributed by atoms with E-state index in [2.05, 4.69) is 21.4 Å². The Morgan fingerprint density at radius 2 is 1.74 bits per heavy atom. The molecule has 140 valence electrons. The van der Waals surface area contributed by atoms with Crippen LogP contribution < -0.4 is 0 Å². The number of nitrogens with zero attached hydrogens (tertiary/aromatic N) is 4. The molecule has 0 saturated carbocycles. The molecule has 0 aliphatic carbocycles. The van der Waals surface area contributed by atoms with Crippen LogP contribution in [0.5, 0.6) is 0 Å². The van der Waals surface area contributed by atoms with E-state index in [1.165, 1.54) is 17.7 Å². The van der Waals surface area contributed by atoms with E-state index in [1.54, 1.807) is 0 Å². The van der Waals surface area contributed by atoms with Gasteiger partial charge in [0.15, 0.2) is 5.84 Å².